The molecule has 0 radical (unpaired) electrons. The molecule has 0 saturated heterocycles. The van der Waals surface area contributed by atoms with Gasteiger partial charge in [-0.1, -0.05) is 58.8 Å². The topological polar surface area (TPSA) is 0 Å². The Hall–Kier alpha value is -0.520. The molecule has 1 aliphatic rings. The van der Waals surface area contributed by atoms with Gasteiger partial charge in [0.15, 0.2) is 0 Å². The zero-order valence-corrected chi connectivity index (χ0v) is 10.8. The van der Waals surface area contributed by atoms with Gasteiger partial charge in [0.05, 0.1) is 0 Å². The summed E-state index contributed by atoms with van der Waals surface area (Å²) < 4.78 is 0. The molecule has 0 aromatic heterocycles. The van der Waals surface area contributed by atoms with Crippen LogP contribution in [0.3, 0.4) is 0 Å². The van der Waals surface area contributed by atoms with Gasteiger partial charge in [-0.15, -0.1) is 0 Å². The van der Waals surface area contributed by atoms with E-state index >= 15 is 0 Å². The maximum Gasteiger partial charge on any atom is -0.00967 e. The molecular weight excluding hydrogens is 168 g/mol. The van der Waals surface area contributed by atoms with E-state index in [0.717, 1.165) is 0 Å². The van der Waals surface area contributed by atoms with E-state index in [4.69, 9.17) is 0 Å². The Morgan fingerprint density at radius 2 is 1.43 bits per heavy atom. The summed E-state index contributed by atoms with van der Waals surface area (Å²) in [6.07, 6.45) is 3.60. The summed E-state index contributed by atoms with van der Waals surface area (Å²) in [6.45, 7) is 16.1. The van der Waals surface area contributed by atoms with Crippen LogP contribution in [-0.4, -0.2) is 0 Å². The second-order valence-electron chi connectivity index (χ2n) is 6.54. The third-order valence-electron chi connectivity index (χ3n) is 3.01. The van der Waals surface area contributed by atoms with E-state index in [0.29, 0.717) is 10.8 Å². The minimum absolute atomic E-state index is 0.303. The van der Waals surface area contributed by atoms with Crippen LogP contribution in [0.25, 0.3) is 0 Å². The largest absolute Gasteiger partial charge is 0.0655 e. The van der Waals surface area contributed by atoms with Crippen LogP contribution in [0, 0.1) is 10.8 Å². The van der Waals surface area contributed by atoms with Crippen molar-refractivity contribution >= 4 is 0 Å². The Morgan fingerprint density at radius 1 is 0.929 bits per heavy atom. The zero-order chi connectivity index (χ0) is 11.1. The van der Waals surface area contributed by atoms with Crippen molar-refractivity contribution in [2.45, 2.75) is 54.9 Å². The van der Waals surface area contributed by atoms with Gasteiger partial charge in [0.2, 0.25) is 0 Å². The van der Waals surface area contributed by atoms with E-state index in [1.165, 1.54) is 6.42 Å². The Bertz CT molecular complexity index is 287. The van der Waals surface area contributed by atoms with Crippen molar-refractivity contribution in [3.63, 3.8) is 0 Å². The van der Waals surface area contributed by atoms with E-state index in [2.05, 4.69) is 54.5 Å². The molecule has 0 heteroatoms. The average molecular weight is 192 g/mol. The van der Waals surface area contributed by atoms with Crippen LogP contribution in [0.15, 0.2) is 22.8 Å². The van der Waals surface area contributed by atoms with E-state index in [1.807, 2.05) is 0 Å². The first-order valence-electron chi connectivity index (χ1n) is 5.53. The van der Waals surface area contributed by atoms with Gasteiger partial charge in [0.25, 0.3) is 0 Å². The first-order valence-corrected chi connectivity index (χ1v) is 5.53. The van der Waals surface area contributed by atoms with Gasteiger partial charge in [-0.2, -0.15) is 0 Å². The molecule has 0 fully saturated rings. The molecule has 0 saturated carbocycles. The van der Waals surface area contributed by atoms with Crippen LogP contribution in [0.1, 0.15) is 54.9 Å². The molecule has 0 atom stereocenters. The predicted octanol–water partition coefficient (Wildman–Crippen LogP) is 4.73. The van der Waals surface area contributed by atoms with Crippen LogP contribution in [-0.2, 0) is 0 Å². The molecule has 80 valence electrons. The van der Waals surface area contributed by atoms with Crippen molar-refractivity contribution in [3.05, 3.63) is 22.8 Å². The fourth-order valence-electron chi connectivity index (χ4n) is 2.07. The van der Waals surface area contributed by atoms with Crippen molar-refractivity contribution in [1.82, 2.24) is 0 Å². The highest BCUT2D eigenvalue weighted by Gasteiger charge is 2.27. The van der Waals surface area contributed by atoms with Gasteiger partial charge in [0, 0.05) is 0 Å². The van der Waals surface area contributed by atoms with Crippen molar-refractivity contribution < 1.29 is 0 Å². The molecule has 0 aromatic rings. The van der Waals surface area contributed by atoms with Crippen LogP contribution < -0.4 is 0 Å². The summed E-state index contributed by atoms with van der Waals surface area (Å²) in [4.78, 5) is 0. The monoisotopic (exact) mass is 192 g/mol. The summed E-state index contributed by atoms with van der Waals surface area (Å²) in [5.74, 6) is 0. The molecule has 0 aliphatic heterocycles. The molecule has 0 N–H and O–H groups in total. The molecule has 0 unspecified atom stereocenters. The minimum atomic E-state index is 0.303. The number of rotatable bonds is 0. The Kier molecular flexibility index (Phi) is 2.69. The summed E-state index contributed by atoms with van der Waals surface area (Å²) in [7, 11) is 0. The quantitative estimate of drug-likeness (QED) is 0.520. The zero-order valence-electron chi connectivity index (χ0n) is 10.8. The van der Waals surface area contributed by atoms with Crippen LogP contribution >= 0.6 is 0 Å². The fourth-order valence-corrected chi connectivity index (χ4v) is 2.07. The SMILES string of the molecule is CC1=C(C(C)(C)C)C=C(C(C)(C)C)C1. The minimum Gasteiger partial charge on any atom is -0.0655 e. The summed E-state index contributed by atoms with van der Waals surface area (Å²) in [5.41, 5.74) is 5.32. The van der Waals surface area contributed by atoms with E-state index in [1.54, 1.807) is 16.7 Å². The first kappa shape index (κ1) is 11.6. The standard InChI is InChI=1S/C14H24/c1-10-8-11(13(2,3)4)9-12(10)14(5,6)7/h9H,8H2,1-7H3. The summed E-state index contributed by atoms with van der Waals surface area (Å²) in [5, 5.41) is 0. The van der Waals surface area contributed by atoms with Gasteiger partial charge in [-0.05, 0) is 29.7 Å². The van der Waals surface area contributed by atoms with Crippen molar-refractivity contribution in [1.29, 1.82) is 0 Å². The van der Waals surface area contributed by atoms with E-state index in [-0.39, 0.29) is 0 Å². The molecule has 1 rings (SSSR count). The van der Waals surface area contributed by atoms with Gasteiger partial charge in [-0.3, -0.25) is 0 Å². The van der Waals surface area contributed by atoms with Crippen LogP contribution in [0.5, 0.6) is 0 Å². The normalized spacial score (nSPS) is 18.9. The molecule has 1 aliphatic carbocycles. The number of hydrogen-bond acceptors (Lipinski definition) is 0. The third kappa shape index (κ3) is 2.29. The second-order valence-corrected chi connectivity index (χ2v) is 6.54. The fraction of sp³-hybridized carbons (Fsp3) is 0.714. The molecule has 0 bridgehead atoms. The predicted molar refractivity (Wildman–Crippen MR) is 64.3 cm³/mol. The van der Waals surface area contributed by atoms with Crippen molar-refractivity contribution in [2.75, 3.05) is 0 Å². The highest BCUT2D eigenvalue weighted by molar-refractivity contribution is 5.43. The maximum absolute atomic E-state index is 2.43. The highest BCUT2D eigenvalue weighted by atomic mass is 14.3. The molecule has 14 heavy (non-hydrogen) atoms. The van der Waals surface area contributed by atoms with Gasteiger partial charge in [-0.25, -0.2) is 0 Å². The van der Waals surface area contributed by atoms with E-state index < -0.39 is 0 Å². The molecule has 0 amide bonds. The molecular formula is C14H24. The smallest absolute Gasteiger partial charge is 0.00967 e. The Balaban J connectivity index is 2.99. The maximum atomic E-state index is 2.43. The lowest BCUT2D eigenvalue weighted by Gasteiger charge is -2.21. The van der Waals surface area contributed by atoms with Crippen molar-refractivity contribution in [3.8, 4) is 0 Å². The van der Waals surface area contributed by atoms with E-state index in [9.17, 15) is 0 Å². The third-order valence-corrected chi connectivity index (χ3v) is 3.01. The summed E-state index contributed by atoms with van der Waals surface area (Å²) in [6, 6.07) is 0. The van der Waals surface area contributed by atoms with Gasteiger partial charge >= 0.3 is 0 Å². The Morgan fingerprint density at radius 3 is 1.64 bits per heavy atom. The highest BCUT2D eigenvalue weighted by Crippen LogP contribution is 2.42. The lowest BCUT2D eigenvalue weighted by Crippen LogP contribution is -2.09. The lowest BCUT2D eigenvalue weighted by molar-refractivity contribution is 0.493. The van der Waals surface area contributed by atoms with Gasteiger partial charge < -0.3 is 0 Å². The Labute approximate surface area is 89.1 Å². The number of hydrogen-bond donors (Lipinski definition) is 0. The summed E-state index contributed by atoms with van der Waals surface area (Å²) >= 11 is 0. The molecule has 0 heterocycles. The van der Waals surface area contributed by atoms with Crippen molar-refractivity contribution in [2.24, 2.45) is 10.8 Å². The molecule has 0 spiro atoms. The average Bonchev–Trinajstić information content (AvgIpc) is 2.27. The molecule has 0 nitrogen and oxygen atoms in total. The second kappa shape index (κ2) is 3.25. The van der Waals surface area contributed by atoms with Crippen LogP contribution in [0.2, 0.25) is 0 Å². The first-order chi connectivity index (χ1) is 6.12. The van der Waals surface area contributed by atoms with Crippen LogP contribution in [0.4, 0.5) is 0 Å². The lowest BCUT2D eigenvalue weighted by atomic mass is 9.84. The molecule has 0 aromatic carbocycles. The number of allylic oxidation sites excluding steroid dienone is 4. The van der Waals surface area contributed by atoms with Gasteiger partial charge in [0.1, 0.15) is 0 Å².